The Morgan fingerprint density at radius 2 is 1.96 bits per heavy atom. The topological polar surface area (TPSA) is 54.3 Å². The molecule has 5 heteroatoms. The van der Waals surface area contributed by atoms with Crippen LogP contribution in [0, 0.1) is 12.8 Å². The van der Waals surface area contributed by atoms with Gasteiger partial charge in [0.25, 0.3) is 0 Å². The number of hydrogen-bond donors (Lipinski definition) is 2. The van der Waals surface area contributed by atoms with Crippen LogP contribution in [0.15, 0.2) is 33.5 Å². The van der Waals surface area contributed by atoms with Crippen LogP contribution in [0.1, 0.15) is 45.1 Å². The summed E-state index contributed by atoms with van der Waals surface area (Å²) < 4.78 is 8.91. The lowest BCUT2D eigenvalue weighted by Gasteiger charge is -2.29. The van der Waals surface area contributed by atoms with E-state index in [-0.39, 0.29) is 5.63 Å². The molecule has 1 aromatic heterocycles. The molecule has 2 N–H and O–H groups in total. The second kappa shape index (κ2) is 8.28. The van der Waals surface area contributed by atoms with Gasteiger partial charge in [-0.2, -0.15) is 0 Å². The maximum Gasteiger partial charge on any atom is 0.336 e. The first-order valence-electron chi connectivity index (χ1n) is 9.21. The van der Waals surface area contributed by atoms with Crippen LogP contribution in [0.3, 0.4) is 0 Å². The van der Waals surface area contributed by atoms with Crippen LogP contribution in [0.5, 0.6) is 0 Å². The van der Waals surface area contributed by atoms with Crippen molar-refractivity contribution in [3.8, 4) is 0 Å². The molecular weight excluding hydrogens is 332 g/mol. The zero-order valence-electron chi connectivity index (χ0n) is 15.3. The van der Waals surface area contributed by atoms with Gasteiger partial charge in [-0.05, 0) is 62.3 Å². The summed E-state index contributed by atoms with van der Waals surface area (Å²) in [5.41, 5.74) is 2.50. The van der Waals surface area contributed by atoms with Crippen LogP contribution in [-0.2, 0) is 0 Å². The van der Waals surface area contributed by atoms with E-state index >= 15 is 0 Å². The van der Waals surface area contributed by atoms with Crippen LogP contribution >= 0.6 is 11.9 Å². The van der Waals surface area contributed by atoms with Crippen LogP contribution < -0.4 is 15.7 Å². The first-order valence-corrected chi connectivity index (χ1v) is 10.1. The molecule has 0 aliphatic heterocycles. The Labute approximate surface area is 153 Å². The van der Waals surface area contributed by atoms with Crippen LogP contribution in [0.2, 0.25) is 0 Å². The van der Waals surface area contributed by atoms with Crippen molar-refractivity contribution < 1.29 is 4.42 Å². The summed E-state index contributed by atoms with van der Waals surface area (Å²) in [5, 5.41) is 5.19. The monoisotopic (exact) mass is 360 g/mol. The normalized spacial score (nSPS) is 21.0. The first kappa shape index (κ1) is 18.3. The highest BCUT2D eigenvalue weighted by molar-refractivity contribution is 7.98. The molecule has 4 nitrogen and oxygen atoms in total. The summed E-state index contributed by atoms with van der Waals surface area (Å²) in [5.74, 6) is 0.729. The molecule has 0 radical (unpaired) electrons. The van der Waals surface area contributed by atoms with Gasteiger partial charge in [0.1, 0.15) is 5.58 Å². The van der Waals surface area contributed by atoms with Crippen LogP contribution in [0.4, 0.5) is 5.69 Å². The van der Waals surface area contributed by atoms with E-state index in [9.17, 15) is 4.79 Å². The van der Waals surface area contributed by atoms with Gasteiger partial charge in [-0.1, -0.05) is 25.8 Å². The molecule has 0 atom stereocenters. The summed E-state index contributed by atoms with van der Waals surface area (Å²) in [4.78, 5) is 11.4. The third kappa shape index (κ3) is 5.02. The summed E-state index contributed by atoms with van der Waals surface area (Å²) in [6.07, 6.45) is 5.05. The summed E-state index contributed by atoms with van der Waals surface area (Å²) in [6, 6.07) is 8.11. The Hall–Kier alpha value is -1.46. The highest BCUT2D eigenvalue weighted by Crippen LogP contribution is 2.27. The van der Waals surface area contributed by atoms with E-state index in [1.165, 1.54) is 31.7 Å². The van der Waals surface area contributed by atoms with E-state index < -0.39 is 0 Å². The van der Waals surface area contributed by atoms with Gasteiger partial charge < -0.3 is 9.73 Å². The van der Waals surface area contributed by atoms with E-state index in [1.54, 1.807) is 0 Å². The molecule has 136 valence electrons. The van der Waals surface area contributed by atoms with Gasteiger partial charge in [-0.15, -0.1) is 0 Å². The second-order valence-electron chi connectivity index (χ2n) is 7.35. The maximum absolute atomic E-state index is 11.4. The molecule has 0 unspecified atom stereocenters. The van der Waals surface area contributed by atoms with Gasteiger partial charge in [0.15, 0.2) is 0 Å². The van der Waals surface area contributed by atoms with Crippen molar-refractivity contribution in [3.63, 3.8) is 0 Å². The predicted octanol–water partition coefficient (Wildman–Crippen LogP) is 4.72. The third-order valence-corrected chi connectivity index (χ3v) is 5.76. The number of anilines is 1. The minimum Gasteiger partial charge on any atom is -0.422 e. The quantitative estimate of drug-likeness (QED) is 0.577. The van der Waals surface area contributed by atoms with Gasteiger partial charge in [0, 0.05) is 35.0 Å². The molecule has 1 saturated carbocycles. The molecular formula is C20H28N2O2S. The molecule has 1 aliphatic rings. The van der Waals surface area contributed by atoms with Crippen molar-refractivity contribution in [1.82, 2.24) is 4.72 Å². The zero-order chi connectivity index (χ0) is 17.8. The minimum atomic E-state index is -0.294. The molecule has 1 aliphatic carbocycles. The number of benzene rings is 1. The fourth-order valence-corrected chi connectivity index (χ4v) is 4.14. The van der Waals surface area contributed by atoms with Gasteiger partial charge in [-0.25, -0.2) is 4.79 Å². The molecule has 2 aromatic rings. The van der Waals surface area contributed by atoms with Crippen LogP contribution in [-0.4, -0.2) is 17.8 Å². The van der Waals surface area contributed by atoms with E-state index in [4.69, 9.17) is 4.42 Å². The van der Waals surface area contributed by atoms with Gasteiger partial charge in [0.05, 0.1) is 0 Å². The molecule has 0 spiro atoms. The first-order chi connectivity index (χ1) is 12.0. The van der Waals surface area contributed by atoms with Gasteiger partial charge >= 0.3 is 5.63 Å². The largest absolute Gasteiger partial charge is 0.422 e. The molecule has 3 rings (SSSR count). The average molecular weight is 361 g/mol. The smallest absolute Gasteiger partial charge is 0.336 e. The zero-order valence-corrected chi connectivity index (χ0v) is 16.1. The Balaban J connectivity index is 1.53. The highest BCUT2D eigenvalue weighted by Gasteiger charge is 2.21. The highest BCUT2D eigenvalue weighted by atomic mass is 32.2. The minimum absolute atomic E-state index is 0.294. The maximum atomic E-state index is 11.4. The Kier molecular flexibility index (Phi) is 6.07. The van der Waals surface area contributed by atoms with Crippen molar-refractivity contribution in [1.29, 1.82) is 0 Å². The Bertz CT molecular complexity index is 764. The van der Waals surface area contributed by atoms with Crippen LogP contribution in [0.25, 0.3) is 11.0 Å². The van der Waals surface area contributed by atoms with Crippen molar-refractivity contribution >= 4 is 28.6 Å². The molecule has 0 saturated heterocycles. The van der Waals surface area contributed by atoms with Gasteiger partial charge in [0.2, 0.25) is 0 Å². The molecule has 0 amide bonds. The number of nitrogens with one attached hydrogen (secondary N) is 2. The SMILES string of the molecule is Cc1cc(NC[C@H]2CC[C@H](NSC(C)C)CC2)cc2ccc(=O)oc12. The number of hydrogen-bond acceptors (Lipinski definition) is 5. The lowest BCUT2D eigenvalue weighted by Crippen LogP contribution is -2.31. The molecule has 0 bridgehead atoms. The Morgan fingerprint density at radius 1 is 1.20 bits per heavy atom. The molecule has 1 aromatic carbocycles. The van der Waals surface area contributed by atoms with Crippen molar-refractivity contribution in [2.75, 3.05) is 11.9 Å². The second-order valence-corrected chi connectivity index (χ2v) is 8.76. The molecule has 1 fully saturated rings. The number of fused-ring (bicyclic) bond motifs is 1. The predicted molar refractivity (Wildman–Crippen MR) is 107 cm³/mol. The van der Waals surface area contributed by atoms with Crippen molar-refractivity contribution in [3.05, 3.63) is 40.2 Å². The van der Waals surface area contributed by atoms with Crippen molar-refractivity contribution in [2.24, 2.45) is 5.92 Å². The number of aryl methyl sites for hydroxylation is 1. The average Bonchev–Trinajstić information content (AvgIpc) is 2.59. The van der Waals surface area contributed by atoms with E-state index in [0.717, 1.165) is 29.1 Å². The summed E-state index contributed by atoms with van der Waals surface area (Å²) in [6.45, 7) is 7.44. The van der Waals surface area contributed by atoms with E-state index in [0.29, 0.717) is 16.9 Å². The standard InChI is InChI=1S/C20H28N2O2S/c1-13(2)25-22-17-7-4-15(5-8-17)12-21-18-10-14(3)20-16(11-18)6-9-19(23)24-20/h6,9-11,13,15,17,21-22H,4-5,7-8,12H2,1-3H3/t15-,17-. The summed E-state index contributed by atoms with van der Waals surface area (Å²) in [7, 11) is 0. The third-order valence-electron chi connectivity index (χ3n) is 4.82. The van der Waals surface area contributed by atoms with Crippen molar-refractivity contribution in [2.45, 2.75) is 57.7 Å². The lowest BCUT2D eigenvalue weighted by atomic mass is 9.86. The molecule has 1 heterocycles. The summed E-state index contributed by atoms with van der Waals surface area (Å²) >= 11 is 1.86. The lowest BCUT2D eigenvalue weighted by molar-refractivity contribution is 0.328. The van der Waals surface area contributed by atoms with E-state index in [1.807, 2.05) is 24.9 Å². The Morgan fingerprint density at radius 3 is 2.68 bits per heavy atom. The fourth-order valence-electron chi connectivity index (χ4n) is 3.44. The molecule has 25 heavy (non-hydrogen) atoms. The fraction of sp³-hybridized carbons (Fsp3) is 0.550. The number of rotatable bonds is 6. The van der Waals surface area contributed by atoms with Gasteiger partial charge in [-0.3, -0.25) is 4.72 Å². The van der Waals surface area contributed by atoms with E-state index in [2.05, 4.69) is 36.0 Å².